The van der Waals surface area contributed by atoms with E-state index < -0.39 is 10.0 Å². The Bertz CT molecular complexity index is 540. The highest BCUT2D eigenvalue weighted by Crippen LogP contribution is 2.27. The van der Waals surface area contributed by atoms with Crippen LogP contribution in [0.15, 0.2) is 24.3 Å². The van der Waals surface area contributed by atoms with Gasteiger partial charge in [0.05, 0.1) is 6.26 Å². The zero-order valence-electron chi connectivity index (χ0n) is 12.9. The van der Waals surface area contributed by atoms with Crippen LogP contribution in [0.3, 0.4) is 0 Å². The van der Waals surface area contributed by atoms with Crippen molar-refractivity contribution in [2.75, 3.05) is 16.3 Å². The first kappa shape index (κ1) is 16.1. The van der Waals surface area contributed by atoms with Gasteiger partial charge in [-0.3, -0.25) is 4.72 Å². The minimum Gasteiger partial charge on any atom is -0.382 e. The molecule has 0 spiro atoms. The summed E-state index contributed by atoms with van der Waals surface area (Å²) in [5.41, 5.74) is 1.67. The summed E-state index contributed by atoms with van der Waals surface area (Å²) in [6.45, 7) is 2.28. The number of anilines is 2. The highest BCUT2D eigenvalue weighted by atomic mass is 32.2. The number of sulfonamides is 1. The molecule has 0 amide bonds. The lowest BCUT2D eigenvalue weighted by molar-refractivity contribution is 0.444. The van der Waals surface area contributed by atoms with Crippen molar-refractivity contribution in [3.63, 3.8) is 0 Å². The lowest BCUT2D eigenvalue weighted by Crippen LogP contribution is -2.18. The molecule has 4 nitrogen and oxygen atoms in total. The van der Waals surface area contributed by atoms with Crippen LogP contribution in [0.5, 0.6) is 0 Å². The van der Waals surface area contributed by atoms with Gasteiger partial charge in [-0.1, -0.05) is 26.2 Å². The molecule has 2 N–H and O–H groups in total. The van der Waals surface area contributed by atoms with Gasteiger partial charge in [-0.05, 0) is 49.4 Å². The van der Waals surface area contributed by atoms with E-state index in [0.717, 1.165) is 17.9 Å². The van der Waals surface area contributed by atoms with E-state index in [1.54, 1.807) is 12.1 Å². The summed E-state index contributed by atoms with van der Waals surface area (Å²) in [5.74, 6) is 0.887. The molecule has 0 aliphatic heterocycles. The van der Waals surface area contributed by atoms with Gasteiger partial charge in [0.15, 0.2) is 0 Å². The second-order valence-corrected chi connectivity index (χ2v) is 7.82. The van der Waals surface area contributed by atoms with Crippen molar-refractivity contribution in [1.82, 2.24) is 0 Å². The normalized spacial score (nSPS) is 23.3. The monoisotopic (exact) mass is 310 g/mol. The summed E-state index contributed by atoms with van der Waals surface area (Å²) in [5, 5.41) is 3.58. The Hall–Kier alpha value is -1.23. The fourth-order valence-electron chi connectivity index (χ4n) is 3.02. The van der Waals surface area contributed by atoms with Gasteiger partial charge in [-0.15, -0.1) is 0 Å². The van der Waals surface area contributed by atoms with Crippen LogP contribution in [0.1, 0.15) is 45.4 Å². The average Bonchev–Trinajstić information content (AvgIpc) is 2.64. The Morgan fingerprint density at radius 3 is 2.33 bits per heavy atom. The minimum atomic E-state index is -3.20. The molecule has 1 aliphatic carbocycles. The van der Waals surface area contributed by atoms with Crippen molar-refractivity contribution < 1.29 is 8.42 Å². The summed E-state index contributed by atoms with van der Waals surface area (Å²) < 4.78 is 24.8. The molecular weight excluding hydrogens is 284 g/mol. The van der Waals surface area contributed by atoms with E-state index in [1.165, 1.54) is 38.5 Å². The molecule has 1 saturated carbocycles. The fraction of sp³-hybridized carbons (Fsp3) is 0.625. The van der Waals surface area contributed by atoms with Gasteiger partial charge in [0, 0.05) is 17.4 Å². The quantitative estimate of drug-likeness (QED) is 0.813. The van der Waals surface area contributed by atoms with Crippen molar-refractivity contribution >= 4 is 21.4 Å². The molecule has 5 heteroatoms. The van der Waals surface area contributed by atoms with E-state index in [0.29, 0.717) is 11.7 Å². The molecule has 118 valence electrons. The maximum absolute atomic E-state index is 11.2. The molecule has 2 rings (SSSR count). The van der Waals surface area contributed by atoms with Crippen LogP contribution in [0.25, 0.3) is 0 Å². The van der Waals surface area contributed by atoms with Gasteiger partial charge in [0.25, 0.3) is 0 Å². The molecule has 0 aromatic heterocycles. The van der Waals surface area contributed by atoms with Gasteiger partial charge in [-0.25, -0.2) is 8.42 Å². The first-order valence-corrected chi connectivity index (χ1v) is 9.70. The van der Waals surface area contributed by atoms with Crippen molar-refractivity contribution in [1.29, 1.82) is 0 Å². The van der Waals surface area contributed by atoms with Crippen LogP contribution in [0.2, 0.25) is 0 Å². The average molecular weight is 310 g/mol. The van der Waals surface area contributed by atoms with Crippen LogP contribution >= 0.6 is 0 Å². The summed E-state index contributed by atoms with van der Waals surface area (Å²) >= 11 is 0. The topological polar surface area (TPSA) is 58.2 Å². The zero-order valence-corrected chi connectivity index (χ0v) is 13.7. The molecule has 0 radical (unpaired) electrons. The van der Waals surface area contributed by atoms with Crippen LogP contribution < -0.4 is 10.0 Å². The molecule has 1 fully saturated rings. The molecule has 2 unspecified atom stereocenters. The highest BCUT2D eigenvalue weighted by molar-refractivity contribution is 7.92. The van der Waals surface area contributed by atoms with Crippen molar-refractivity contribution in [2.24, 2.45) is 5.92 Å². The van der Waals surface area contributed by atoms with Crippen LogP contribution in [0.4, 0.5) is 11.4 Å². The smallest absolute Gasteiger partial charge is 0.229 e. The Balaban J connectivity index is 1.91. The second kappa shape index (κ2) is 7.16. The lowest BCUT2D eigenvalue weighted by atomic mass is 9.98. The second-order valence-electron chi connectivity index (χ2n) is 6.08. The van der Waals surface area contributed by atoms with Crippen molar-refractivity contribution in [2.45, 2.75) is 51.5 Å². The van der Waals surface area contributed by atoms with Gasteiger partial charge in [0.2, 0.25) is 10.0 Å². The summed E-state index contributed by atoms with van der Waals surface area (Å²) in [6.07, 6.45) is 8.85. The van der Waals surface area contributed by atoms with Crippen LogP contribution in [-0.2, 0) is 10.0 Å². The summed E-state index contributed by atoms with van der Waals surface area (Å²) in [4.78, 5) is 0. The lowest BCUT2D eigenvalue weighted by Gasteiger charge is -2.18. The van der Waals surface area contributed by atoms with E-state index in [1.807, 2.05) is 12.1 Å². The van der Waals surface area contributed by atoms with E-state index in [-0.39, 0.29) is 0 Å². The van der Waals surface area contributed by atoms with E-state index in [4.69, 9.17) is 0 Å². The van der Waals surface area contributed by atoms with E-state index in [9.17, 15) is 8.42 Å². The van der Waals surface area contributed by atoms with Crippen LogP contribution in [-0.4, -0.2) is 20.7 Å². The summed E-state index contributed by atoms with van der Waals surface area (Å²) in [6, 6.07) is 8.02. The summed E-state index contributed by atoms with van der Waals surface area (Å²) in [7, 11) is -3.20. The molecule has 1 aromatic rings. The Morgan fingerprint density at radius 2 is 1.71 bits per heavy atom. The Morgan fingerprint density at radius 1 is 1.05 bits per heavy atom. The third-order valence-corrected chi connectivity index (χ3v) is 4.83. The zero-order chi connectivity index (χ0) is 15.3. The molecule has 1 aliphatic rings. The molecule has 1 aromatic carbocycles. The number of nitrogens with one attached hydrogen (secondary N) is 2. The maximum Gasteiger partial charge on any atom is 0.229 e. The number of hydrogen-bond acceptors (Lipinski definition) is 3. The van der Waals surface area contributed by atoms with Crippen molar-refractivity contribution in [3.05, 3.63) is 24.3 Å². The van der Waals surface area contributed by atoms with Crippen LogP contribution in [0, 0.1) is 5.92 Å². The number of rotatable bonds is 5. The highest BCUT2D eigenvalue weighted by Gasteiger charge is 2.17. The Kier molecular flexibility index (Phi) is 5.51. The number of benzene rings is 1. The maximum atomic E-state index is 11.2. The third kappa shape index (κ3) is 5.58. The van der Waals surface area contributed by atoms with E-state index in [2.05, 4.69) is 17.0 Å². The Labute approximate surface area is 128 Å². The molecule has 0 saturated heterocycles. The van der Waals surface area contributed by atoms with E-state index >= 15 is 0 Å². The first-order valence-electron chi connectivity index (χ1n) is 7.80. The molecule has 0 heterocycles. The molecular formula is C16H26N2O2S. The predicted octanol–water partition coefficient (Wildman–Crippen LogP) is 3.83. The fourth-order valence-corrected chi connectivity index (χ4v) is 3.58. The molecule has 0 bridgehead atoms. The van der Waals surface area contributed by atoms with Gasteiger partial charge < -0.3 is 5.32 Å². The molecule has 21 heavy (non-hydrogen) atoms. The largest absolute Gasteiger partial charge is 0.382 e. The van der Waals surface area contributed by atoms with Gasteiger partial charge in [0.1, 0.15) is 0 Å². The van der Waals surface area contributed by atoms with Gasteiger partial charge in [-0.2, -0.15) is 0 Å². The molecule has 2 atom stereocenters. The first-order chi connectivity index (χ1) is 9.96. The van der Waals surface area contributed by atoms with Gasteiger partial charge >= 0.3 is 0 Å². The number of hydrogen-bond donors (Lipinski definition) is 2. The SMILES string of the molecule is CCC1CCCC(Nc2ccc(NS(C)(=O)=O)cc2)CC1. The predicted molar refractivity (Wildman–Crippen MR) is 89.2 cm³/mol. The standard InChI is InChI=1S/C16H26N2O2S/c1-3-13-5-4-6-14(8-7-13)17-15-9-11-16(12-10-15)18-21(2,19)20/h9-14,17-18H,3-8H2,1-2H3. The van der Waals surface area contributed by atoms with Crippen molar-refractivity contribution in [3.8, 4) is 0 Å². The minimum absolute atomic E-state index is 0.537. The third-order valence-electron chi connectivity index (χ3n) is 4.22.